The number of morpholine rings is 1. The summed E-state index contributed by atoms with van der Waals surface area (Å²) in [6.07, 6.45) is 0.0164. The van der Waals surface area contributed by atoms with Gasteiger partial charge in [0.25, 0.3) is 0 Å². The summed E-state index contributed by atoms with van der Waals surface area (Å²) >= 11 is 0. The molecule has 0 bridgehead atoms. The minimum atomic E-state index is -2.82. The molecular weight excluding hydrogens is 352 g/mol. The maximum absolute atomic E-state index is 12.8. The maximum Gasteiger partial charge on any atom is 0.387 e. The zero-order valence-electron chi connectivity index (χ0n) is 16.3. The van der Waals surface area contributed by atoms with E-state index in [1.54, 1.807) is 6.07 Å². The molecule has 1 aliphatic rings. The number of halogens is 2. The molecule has 0 amide bonds. The third-order valence-electron chi connectivity index (χ3n) is 4.99. The average Bonchev–Trinajstić information content (AvgIpc) is 2.89. The molecule has 148 valence electrons. The Hall–Kier alpha value is -1.99. The molecule has 1 aromatic heterocycles. The first-order chi connectivity index (χ1) is 12.8. The Morgan fingerprint density at radius 3 is 2.59 bits per heavy atom. The van der Waals surface area contributed by atoms with Crippen LogP contribution in [0.2, 0.25) is 0 Å². The van der Waals surface area contributed by atoms with Crippen LogP contribution in [0.25, 0.3) is 0 Å². The van der Waals surface area contributed by atoms with Gasteiger partial charge < -0.3 is 9.47 Å². The van der Waals surface area contributed by atoms with Crippen molar-refractivity contribution in [3.05, 3.63) is 46.3 Å². The number of aryl methyl sites for hydroxylation is 4. The van der Waals surface area contributed by atoms with E-state index in [2.05, 4.69) is 10.00 Å². The van der Waals surface area contributed by atoms with Crippen LogP contribution in [0.4, 0.5) is 8.78 Å². The van der Waals surface area contributed by atoms with Crippen LogP contribution in [0.5, 0.6) is 5.75 Å². The van der Waals surface area contributed by atoms with Gasteiger partial charge >= 0.3 is 6.61 Å². The van der Waals surface area contributed by atoms with Crippen molar-refractivity contribution >= 4 is 0 Å². The van der Waals surface area contributed by atoms with Gasteiger partial charge in [-0.05, 0) is 51.0 Å². The maximum atomic E-state index is 12.8. The Bertz CT molecular complexity index is 792. The van der Waals surface area contributed by atoms with Crippen molar-refractivity contribution in [2.24, 2.45) is 0 Å². The topological polar surface area (TPSA) is 39.5 Å². The molecule has 1 aliphatic heterocycles. The average molecular weight is 379 g/mol. The van der Waals surface area contributed by atoms with Crippen molar-refractivity contribution in [2.75, 3.05) is 19.7 Å². The van der Waals surface area contributed by atoms with Crippen LogP contribution in [0, 0.1) is 27.7 Å². The molecule has 5 nitrogen and oxygen atoms in total. The zero-order chi connectivity index (χ0) is 19.6. The molecule has 1 atom stereocenters. The fraction of sp³-hybridized carbons (Fsp3) is 0.550. The highest BCUT2D eigenvalue weighted by atomic mass is 19.3. The molecule has 0 unspecified atom stereocenters. The van der Waals surface area contributed by atoms with Gasteiger partial charge in [-0.25, -0.2) is 0 Å². The van der Waals surface area contributed by atoms with Gasteiger partial charge in [0, 0.05) is 30.9 Å². The van der Waals surface area contributed by atoms with E-state index in [0.717, 1.165) is 41.2 Å². The lowest BCUT2D eigenvalue weighted by molar-refractivity contribution is -0.0536. The third kappa shape index (κ3) is 5.05. The van der Waals surface area contributed by atoms with Crippen molar-refractivity contribution in [1.29, 1.82) is 0 Å². The molecular formula is C20H27F2N3O2. The molecule has 2 heterocycles. The lowest BCUT2D eigenvalue weighted by atomic mass is 10.0. The minimum absolute atomic E-state index is 0.0164. The minimum Gasteiger partial charge on any atom is -0.434 e. The van der Waals surface area contributed by atoms with E-state index in [1.165, 1.54) is 0 Å². The molecule has 0 saturated carbocycles. The SMILES string of the molecule is Cc1cc(C)n(C[C@H]2CN(Cc3cc(C)c(C)cc3OC(F)F)CCO2)n1. The third-order valence-corrected chi connectivity index (χ3v) is 4.99. The Morgan fingerprint density at radius 1 is 1.19 bits per heavy atom. The molecule has 1 aromatic carbocycles. The van der Waals surface area contributed by atoms with Gasteiger partial charge in [0.1, 0.15) is 5.75 Å². The number of ether oxygens (including phenoxy) is 2. The molecule has 3 rings (SSSR count). The zero-order valence-corrected chi connectivity index (χ0v) is 16.3. The predicted molar refractivity (Wildman–Crippen MR) is 99.3 cm³/mol. The van der Waals surface area contributed by atoms with Gasteiger partial charge in [-0.3, -0.25) is 9.58 Å². The first kappa shape index (κ1) is 19.8. The van der Waals surface area contributed by atoms with E-state index in [-0.39, 0.29) is 11.9 Å². The lowest BCUT2D eigenvalue weighted by Crippen LogP contribution is -2.44. The molecule has 1 saturated heterocycles. The second-order valence-corrected chi connectivity index (χ2v) is 7.26. The van der Waals surface area contributed by atoms with Gasteiger partial charge in [-0.1, -0.05) is 6.07 Å². The van der Waals surface area contributed by atoms with Gasteiger partial charge in [-0.2, -0.15) is 13.9 Å². The standard InChI is InChI=1S/C20H27F2N3O2/c1-13-7-17(19(8-14(13)2)27-20(21)22)10-24-5-6-26-18(11-24)12-25-16(4)9-15(3)23-25/h7-9,18,20H,5-6,10-12H2,1-4H3/t18-/m1/s1. The second-order valence-electron chi connectivity index (χ2n) is 7.26. The lowest BCUT2D eigenvalue weighted by Gasteiger charge is -2.33. The number of aromatic nitrogens is 2. The summed E-state index contributed by atoms with van der Waals surface area (Å²) in [5.74, 6) is 0.259. The Morgan fingerprint density at radius 2 is 1.93 bits per heavy atom. The summed E-state index contributed by atoms with van der Waals surface area (Å²) in [5.41, 5.74) is 4.89. The Kier molecular flexibility index (Phi) is 6.11. The van der Waals surface area contributed by atoms with E-state index in [9.17, 15) is 8.78 Å². The Labute approximate surface area is 158 Å². The number of hydrogen-bond donors (Lipinski definition) is 0. The Balaban J connectivity index is 1.70. The monoisotopic (exact) mass is 379 g/mol. The number of hydrogen-bond acceptors (Lipinski definition) is 4. The van der Waals surface area contributed by atoms with Crippen molar-refractivity contribution in [2.45, 2.75) is 53.5 Å². The van der Waals surface area contributed by atoms with Crippen LogP contribution in [0.15, 0.2) is 18.2 Å². The van der Waals surface area contributed by atoms with Gasteiger partial charge in [-0.15, -0.1) is 0 Å². The van der Waals surface area contributed by atoms with E-state index in [0.29, 0.717) is 19.7 Å². The van der Waals surface area contributed by atoms with E-state index < -0.39 is 6.61 Å². The second kappa shape index (κ2) is 8.35. The van der Waals surface area contributed by atoms with Crippen LogP contribution < -0.4 is 4.74 Å². The highest BCUT2D eigenvalue weighted by Crippen LogP contribution is 2.27. The first-order valence-electron chi connectivity index (χ1n) is 9.21. The highest BCUT2D eigenvalue weighted by Gasteiger charge is 2.23. The quantitative estimate of drug-likeness (QED) is 0.769. The van der Waals surface area contributed by atoms with Crippen LogP contribution >= 0.6 is 0 Å². The first-order valence-corrected chi connectivity index (χ1v) is 9.21. The van der Waals surface area contributed by atoms with Crippen molar-refractivity contribution in [3.63, 3.8) is 0 Å². The van der Waals surface area contributed by atoms with Crippen LogP contribution in [-0.4, -0.2) is 47.1 Å². The van der Waals surface area contributed by atoms with Gasteiger partial charge in [0.15, 0.2) is 0 Å². The summed E-state index contributed by atoms with van der Waals surface area (Å²) in [6, 6.07) is 5.69. The molecule has 0 N–H and O–H groups in total. The smallest absolute Gasteiger partial charge is 0.387 e. The van der Waals surface area contributed by atoms with Crippen molar-refractivity contribution < 1.29 is 18.3 Å². The summed E-state index contributed by atoms with van der Waals surface area (Å²) in [7, 11) is 0. The molecule has 7 heteroatoms. The molecule has 0 aliphatic carbocycles. The fourth-order valence-electron chi connectivity index (χ4n) is 3.51. The number of benzene rings is 1. The fourth-order valence-corrected chi connectivity index (χ4v) is 3.51. The number of nitrogens with zero attached hydrogens (tertiary/aromatic N) is 3. The molecule has 27 heavy (non-hydrogen) atoms. The van der Waals surface area contributed by atoms with E-state index >= 15 is 0 Å². The van der Waals surface area contributed by atoms with E-state index in [1.807, 2.05) is 44.5 Å². The number of rotatable bonds is 6. The normalized spacial score (nSPS) is 18.3. The summed E-state index contributed by atoms with van der Waals surface area (Å²) in [4.78, 5) is 2.22. The van der Waals surface area contributed by atoms with Crippen LogP contribution in [0.1, 0.15) is 28.1 Å². The van der Waals surface area contributed by atoms with Crippen LogP contribution in [0.3, 0.4) is 0 Å². The molecule has 0 spiro atoms. The summed E-state index contributed by atoms with van der Waals surface area (Å²) in [5, 5.41) is 4.50. The molecule has 1 fully saturated rings. The predicted octanol–water partition coefficient (Wildman–Crippen LogP) is 3.62. The summed E-state index contributed by atoms with van der Waals surface area (Å²) in [6.45, 7) is 8.39. The van der Waals surface area contributed by atoms with Crippen LogP contribution in [-0.2, 0) is 17.8 Å². The molecule has 0 radical (unpaired) electrons. The largest absolute Gasteiger partial charge is 0.434 e. The highest BCUT2D eigenvalue weighted by molar-refractivity contribution is 5.41. The van der Waals surface area contributed by atoms with Crippen molar-refractivity contribution in [3.8, 4) is 5.75 Å². The van der Waals surface area contributed by atoms with Crippen molar-refractivity contribution in [1.82, 2.24) is 14.7 Å². The summed E-state index contributed by atoms with van der Waals surface area (Å²) < 4.78 is 38.2. The number of alkyl halides is 2. The van der Waals surface area contributed by atoms with Gasteiger partial charge in [0.2, 0.25) is 0 Å². The molecule has 2 aromatic rings. The van der Waals surface area contributed by atoms with Gasteiger partial charge in [0.05, 0.1) is 24.9 Å². The van der Waals surface area contributed by atoms with E-state index in [4.69, 9.17) is 9.47 Å².